The fourth-order valence-electron chi connectivity index (χ4n) is 1.85. The van der Waals surface area contributed by atoms with E-state index in [1.54, 1.807) is 0 Å². The second-order valence-corrected chi connectivity index (χ2v) is 4.78. The lowest BCUT2D eigenvalue weighted by Crippen LogP contribution is -2.54. The first-order valence-corrected chi connectivity index (χ1v) is 5.88. The number of nitrogens with two attached hydrogens (primary N) is 1. The SMILES string of the molecule is NCC1(NS(=O)(=O)O)CCCCC1. The Balaban J connectivity index is 2.68. The Labute approximate surface area is 78.6 Å². The molecule has 1 aliphatic rings. The number of hydrogen-bond donors (Lipinski definition) is 3. The smallest absolute Gasteiger partial charge is 0.329 e. The van der Waals surface area contributed by atoms with Crippen molar-refractivity contribution in [3.8, 4) is 0 Å². The summed E-state index contributed by atoms with van der Waals surface area (Å²) in [5, 5.41) is 0. The van der Waals surface area contributed by atoms with Crippen molar-refractivity contribution < 1.29 is 13.0 Å². The van der Waals surface area contributed by atoms with E-state index >= 15 is 0 Å². The Morgan fingerprint density at radius 1 is 1.31 bits per heavy atom. The largest absolute Gasteiger partial charge is 0.333 e. The molecule has 0 radical (unpaired) electrons. The van der Waals surface area contributed by atoms with E-state index in [2.05, 4.69) is 4.72 Å². The molecule has 1 fully saturated rings. The van der Waals surface area contributed by atoms with E-state index in [1.165, 1.54) is 0 Å². The van der Waals surface area contributed by atoms with Gasteiger partial charge in [0.05, 0.1) is 0 Å². The lowest BCUT2D eigenvalue weighted by molar-refractivity contribution is 0.268. The first-order chi connectivity index (χ1) is 5.97. The molecule has 6 heteroatoms. The van der Waals surface area contributed by atoms with Gasteiger partial charge in [-0.1, -0.05) is 19.3 Å². The quantitative estimate of drug-likeness (QED) is 0.571. The second kappa shape index (κ2) is 3.91. The van der Waals surface area contributed by atoms with Crippen molar-refractivity contribution in [1.29, 1.82) is 0 Å². The molecular formula is C7H16N2O3S. The molecule has 0 saturated heterocycles. The zero-order valence-electron chi connectivity index (χ0n) is 7.49. The number of hydrogen-bond acceptors (Lipinski definition) is 3. The molecule has 0 atom stereocenters. The Hall–Kier alpha value is -0.170. The van der Waals surface area contributed by atoms with Gasteiger partial charge in [0.1, 0.15) is 0 Å². The van der Waals surface area contributed by atoms with E-state index < -0.39 is 15.8 Å². The molecule has 1 rings (SSSR count). The Bertz CT molecular complexity index is 257. The molecular weight excluding hydrogens is 192 g/mol. The first-order valence-electron chi connectivity index (χ1n) is 4.44. The van der Waals surface area contributed by atoms with Gasteiger partial charge in [0.15, 0.2) is 0 Å². The maximum absolute atomic E-state index is 10.7. The minimum Gasteiger partial charge on any atom is -0.329 e. The zero-order chi connectivity index (χ0) is 9.95. The lowest BCUT2D eigenvalue weighted by Gasteiger charge is -2.35. The highest BCUT2D eigenvalue weighted by molar-refractivity contribution is 7.83. The van der Waals surface area contributed by atoms with E-state index in [0.29, 0.717) is 12.8 Å². The summed E-state index contributed by atoms with van der Waals surface area (Å²) in [7, 11) is -4.12. The highest BCUT2D eigenvalue weighted by Gasteiger charge is 2.33. The Kier molecular flexibility index (Phi) is 3.28. The van der Waals surface area contributed by atoms with Crippen LogP contribution in [0.2, 0.25) is 0 Å². The van der Waals surface area contributed by atoms with Crippen molar-refractivity contribution in [2.24, 2.45) is 5.73 Å². The summed E-state index contributed by atoms with van der Waals surface area (Å²) in [6, 6.07) is 0. The number of nitrogens with one attached hydrogen (secondary N) is 1. The normalized spacial score (nSPS) is 22.9. The molecule has 1 aliphatic carbocycles. The summed E-state index contributed by atoms with van der Waals surface area (Å²) in [5.41, 5.74) is 4.90. The molecule has 78 valence electrons. The van der Waals surface area contributed by atoms with Crippen LogP contribution in [0.4, 0.5) is 0 Å². The molecule has 0 unspecified atom stereocenters. The average molecular weight is 208 g/mol. The molecule has 0 spiro atoms. The Morgan fingerprint density at radius 2 is 1.85 bits per heavy atom. The monoisotopic (exact) mass is 208 g/mol. The van der Waals surface area contributed by atoms with Crippen molar-refractivity contribution >= 4 is 10.3 Å². The first kappa shape index (κ1) is 10.9. The summed E-state index contributed by atoms with van der Waals surface area (Å²) in [5.74, 6) is 0. The van der Waals surface area contributed by atoms with Crippen LogP contribution in [0.15, 0.2) is 0 Å². The van der Waals surface area contributed by atoms with Gasteiger partial charge in [0, 0.05) is 12.1 Å². The van der Waals surface area contributed by atoms with Gasteiger partial charge in [-0.25, -0.2) is 0 Å². The van der Waals surface area contributed by atoms with Gasteiger partial charge < -0.3 is 5.73 Å². The maximum atomic E-state index is 10.7. The molecule has 0 aliphatic heterocycles. The summed E-state index contributed by atoms with van der Waals surface area (Å²) >= 11 is 0. The van der Waals surface area contributed by atoms with Crippen molar-refractivity contribution in [2.45, 2.75) is 37.6 Å². The fraction of sp³-hybridized carbons (Fsp3) is 1.00. The van der Waals surface area contributed by atoms with Crippen LogP contribution in [0.3, 0.4) is 0 Å². The van der Waals surface area contributed by atoms with Gasteiger partial charge in [-0.3, -0.25) is 4.55 Å². The summed E-state index contributed by atoms with van der Waals surface area (Å²) in [6.07, 6.45) is 4.45. The van der Waals surface area contributed by atoms with E-state index in [0.717, 1.165) is 19.3 Å². The van der Waals surface area contributed by atoms with Gasteiger partial charge >= 0.3 is 10.3 Å². The molecule has 1 saturated carbocycles. The van der Waals surface area contributed by atoms with Gasteiger partial charge in [-0.15, -0.1) is 0 Å². The minimum atomic E-state index is -4.12. The van der Waals surface area contributed by atoms with Crippen LogP contribution in [0.1, 0.15) is 32.1 Å². The molecule has 0 aromatic rings. The highest BCUT2D eigenvalue weighted by Crippen LogP contribution is 2.27. The summed E-state index contributed by atoms with van der Waals surface area (Å²) in [6.45, 7) is 0.243. The van der Waals surface area contributed by atoms with Crippen molar-refractivity contribution in [2.75, 3.05) is 6.54 Å². The third-order valence-corrected chi connectivity index (χ3v) is 3.24. The molecule has 13 heavy (non-hydrogen) atoms. The van der Waals surface area contributed by atoms with E-state index in [1.807, 2.05) is 0 Å². The maximum Gasteiger partial charge on any atom is 0.333 e. The van der Waals surface area contributed by atoms with E-state index in [4.69, 9.17) is 10.3 Å². The van der Waals surface area contributed by atoms with Crippen LogP contribution in [-0.4, -0.2) is 25.1 Å². The van der Waals surface area contributed by atoms with Crippen molar-refractivity contribution in [1.82, 2.24) is 4.72 Å². The van der Waals surface area contributed by atoms with Crippen LogP contribution >= 0.6 is 0 Å². The molecule has 0 amide bonds. The molecule has 0 aromatic heterocycles. The van der Waals surface area contributed by atoms with E-state index in [-0.39, 0.29) is 6.54 Å². The molecule has 0 heterocycles. The zero-order valence-corrected chi connectivity index (χ0v) is 8.31. The van der Waals surface area contributed by atoms with Crippen LogP contribution < -0.4 is 10.5 Å². The molecule has 0 aromatic carbocycles. The molecule has 0 bridgehead atoms. The molecule has 5 nitrogen and oxygen atoms in total. The fourth-order valence-corrected chi connectivity index (χ4v) is 2.68. The predicted molar refractivity (Wildman–Crippen MR) is 49.6 cm³/mol. The van der Waals surface area contributed by atoms with Crippen molar-refractivity contribution in [3.63, 3.8) is 0 Å². The van der Waals surface area contributed by atoms with Gasteiger partial charge in [-0.2, -0.15) is 13.1 Å². The summed E-state index contributed by atoms with van der Waals surface area (Å²) in [4.78, 5) is 0. The predicted octanol–water partition coefficient (Wildman–Crippen LogP) is 0.0404. The van der Waals surface area contributed by atoms with Crippen molar-refractivity contribution in [3.05, 3.63) is 0 Å². The van der Waals surface area contributed by atoms with Gasteiger partial charge in [0.2, 0.25) is 0 Å². The van der Waals surface area contributed by atoms with Crippen LogP contribution in [0.25, 0.3) is 0 Å². The van der Waals surface area contributed by atoms with E-state index in [9.17, 15) is 8.42 Å². The van der Waals surface area contributed by atoms with Gasteiger partial charge in [-0.05, 0) is 12.8 Å². The van der Waals surface area contributed by atoms with Crippen LogP contribution in [0.5, 0.6) is 0 Å². The Morgan fingerprint density at radius 3 is 2.23 bits per heavy atom. The third kappa shape index (κ3) is 3.22. The summed E-state index contributed by atoms with van der Waals surface area (Å²) < 4.78 is 32.2. The second-order valence-electron chi connectivity index (χ2n) is 3.62. The van der Waals surface area contributed by atoms with Crippen LogP contribution in [-0.2, 0) is 10.3 Å². The lowest BCUT2D eigenvalue weighted by atomic mass is 9.83. The topological polar surface area (TPSA) is 92.4 Å². The van der Waals surface area contributed by atoms with Gasteiger partial charge in [0.25, 0.3) is 0 Å². The minimum absolute atomic E-state index is 0.243. The number of rotatable bonds is 3. The third-order valence-electron chi connectivity index (χ3n) is 2.55. The standard InChI is InChI=1S/C7H16N2O3S/c8-6-7(9-13(10,11)12)4-2-1-3-5-7/h9H,1-6,8H2,(H,10,11,12). The molecule has 4 N–H and O–H groups in total. The highest BCUT2D eigenvalue weighted by atomic mass is 32.2. The average Bonchev–Trinajstić information content (AvgIpc) is 2.03. The van der Waals surface area contributed by atoms with Crippen LogP contribution in [0, 0.1) is 0 Å².